The third kappa shape index (κ3) is 1.99. The molecular weight excluding hydrogens is 162 g/mol. The van der Waals surface area contributed by atoms with Crippen molar-refractivity contribution in [3.8, 4) is 0 Å². The van der Waals surface area contributed by atoms with E-state index >= 15 is 0 Å². The first kappa shape index (κ1) is 10.0. The molecule has 6 N–H and O–H groups in total. The quantitative estimate of drug-likeness (QED) is 0.589. The van der Waals surface area contributed by atoms with Crippen molar-refractivity contribution in [2.45, 2.75) is 19.9 Å². The number of rotatable bonds is 2. The fraction of sp³-hybridized carbons (Fsp3) is 0.400. The van der Waals surface area contributed by atoms with Crippen LogP contribution >= 0.6 is 0 Å². The van der Waals surface area contributed by atoms with E-state index in [0.717, 1.165) is 22.4 Å². The van der Waals surface area contributed by atoms with Crippen molar-refractivity contribution in [1.29, 1.82) is 0 Å². The molecule has 1 rings (SSSR count). The number of nitrogen functional groups attached to an aromatic ring is 1. The van der Waals surface area contributed by atoms with Crippen LogP contribution in [0.25, 0.3) is 0 Å². The highest BCUT2D eigenvalue weighted by Gasteiger charge is 2.06. The Morgan fingerprint density at radius 1 is 1.23 bits per heavy atom. The van der Waals surface area contributed by atoms with Crippen LogP contribution in [-0.2, 0) is 0 Å². The van der Waals surface area contributed by atoms with Gasteiger partial charge in [-0.2, -0.15) is 0 Å². The van der Waals surface area contributed by atoms with Crippen LogP contribution in [0.15, 0.2) is 12.1 Å². The molecule has 3 nitrogen and oxygen atoms in total. The number of aryl methyl sites for hydroxylation is 2. The van der Waals surface area contributed by atoms with Crippen LogP contribution in [0.3, 0.4) is 0 Å². The number of hydrogen-bond acceptors (Lipinski definition) is 3. The predicted molar refractivity (Wildman–Crippen MR) is 56.3 cm³/mol. The zero-order valence-corrected chi connectivity index (χ0v) is 8.17. The molecule has 0 saturated carbocycles. The Kier molecular flexibility index (Phi) is 2.90. The van der Waals surface area contributed by atoms with Crippen molar-refractivity contribution < 1.29 is 0 Å². The second-order valence-corrected chi connectivity index (χ2v) is 3.41. The maximum atomic E-state index is 5.82. The first-order valence-corrected chi connectivity index (χ1v) is 4.38. The zero-order chi connectivity index (χ0) is 10.0. The largest absolute Gasteiger partial charge is 0.398 e. The van der Waals surface area contributed by atoms with Crippen LogP contribution in [0.2, 0.25) is 0 Å². The van der Waals surface area contributed by atoms with Gasteiger partial charge in [-0.25, -0.2) is 0 Å². The molecule has 0 aliphatic carbocycles. The van der Waals surface area contributed by atoms with Crippen LogP contribution in [0.4, 0.5) is 5.69 Å². The molecule has 1 atom stereocenters. The van der Waals surface area contributed by atoms with Crippen molar-refractivity contribution in [2.75, 3.05) is 12.3 Å². The summed E-state index contributed by atoms with van der Waals surface area (Å²) in [5.41, 5.74) is 21.2. The van der Waals surface area contributed by atoms with Crippen molar-refractivity contribution >= 4 is 5.69 Å². The van der Waals surface area contributed by atoms with Gasteiger partial charge in [0, 0.05) is 18.3 Å². The normalized spacial score (nSPS) is 12.9. The van der Waals surface area contributed by atoms with Crippen LogP contribution in [0.1, 0.15) is 22.7 Å². The first-order valence-electron chi connectivity index (χ1n) is 4.38. The summed E-state index contributed by atoms with van der Waals surface area (Å²) in [6.07, 6.45) is 0. The molecule has 0 spiro atoms. The molecule has 3 heteroatoms. The average molecular weight is 179 g/mol. The van der Waals surface area contributed by atoms with E-state index in [1.54, 1.807) is 0 Å². The van der Waals surface area contributed by atoms with Gasteiger partial charge in [0.25, 0.3) is 0 Å². The van der Waals surface area contributed by atoms with Crippen LogP contribution in [0.5, 0.6) is 0 Å². The number of nitrogens with two attached hydrogens (primary N) is 3. The Labute approximate surface area is 78.9 Å². The summed E-state index contributed by atoms with van der Waals surface area (Å²) in [5, 5.41) is 0. The van der Waals surface area contributed by atoms with Crippen molar-refractivity contribution in [1.82, 2.24) is 0 Å². The molecule has 1 aromatic carbocycles. The predicted octanol–water partition coefficient (Wildman–Crippen LogP) is 0.844. The van der Waals surface area contributed by atoms with E-state index in [1.807, 2.05) is 26.0 Å². The van der Waals surface area contributed by atoms with Gasteiger partial charge in [-0.15, -0.1) is 0 Å². The second-order valence-electron chi connectivity index (χ2n) is 3.41. The highest BCUT2D eigenvalue weighted by Crippen LogP contribution is 2.21. The minimum Gasteiger partial charge on any atom is -0.398 e. The third-order valence-electron chi connectivity index (χ3n) is 2.30. The Bertz CT molecular complexity index is 284. The molecule has 1 aromatic rings. The van der Waals surface area contributed by atoms with E-state index in [0.29, 0.717) is 6.54 Å². The SMILES string of the molecule is Cc1cc([C@@H](N)CN)cc(C)c1N. The average Bonchev–Trinajstić information content (AvgIpc) is 2.12. The van der Waals surface area contributed by atoms with Gasteiger partial charge in [-0.1, -0.05) is 12.1 Å². The molecule has 0 unspecified atom stereocenters. The number of hydrogen-bond donors (Lipinski definition) is 3. The smallest absolute Gasteiger partial charge is 0.0419 e. The van der Waals surface area contributed by atoms with Gasteiger partial charge >= 0.3 is 0 Å². The molecule has 0 fully saturated rings. The van der Waals surface area contributed by atoms with Crippen LogP contribution < -0.4 is 17.2 Å². The standard InChI is InChI=1S/C10H17N3/c1-6-3-8(9(12)5-11)4-7(2)10(6)13/h3-4,9H,5,11-13H2,1-2H3/t9-/m0/s1. The Morgan fingerprint density at radius 2 is 1.69 bits per heavy atom. The molecule has 13 heavy (non-hydrogen) atoms. The molecule has 0 bridgehead atoms. The molecular formula is C10H17N3. The lowest BCUT2D eigenvalue weighted by Crippen LogP contribution is -2.21. The Hall–Kier alpha value is -1.06. The molecule has 0 radical (unpaired) electrons. The van der Waals surface area contributed by atoms with E-state index in [4.69, 9.17) is 17.2 Å². The summed E-state index contributed by atoms with van der Waals surface area (Å²) in [5.74, 6) is 0. The molecule has 0 heterocycles. The van der Waals surface area contributed by atoms with Crippen LogP contribution in [-0.4, -0.2) is 6.54 Å². The van der Waals surface area contributed by atoms with Gasteiger partial charge in [0.05, 0.1) is 0 Å². The van der Waals surface area contributed by atoms with E-state index in [2.05, 4.69) is 0 Å². The molecule has 0 saturated heterocycles. The lowest BCUT2D eigenvalue weighted by molar-refractivity contribution is 0.736. The van der Waals surface area contributed by atoms with E-state index in [-0.39, 0.29) is 6.04 Å². The van der Waals surface area contributed by atoms with Gasteiger partial charge in [-0.05, 0) is 30.5 Å². The molecule has 0 amide bonds. The van der Waals surface area contributed by atoms with Gasteiger partial charge in [0.2, 0.25) is 0 Å². The van der Waals surface area contributed by atoms with Crippen molar-refractivity contribution in [3.63, 3.8) is 0 Å². The molecule has 0 aliphatic rings. The number of benzene rings is 1. The maximum absolute atomic E-state index is 5.82. The summed E-state index contributed by atoms with van der Waals surface area (Å²) in [6.45, 7) is 4.42. The highest BCUT2D eigenvalue weighted by molar-refractivity contribution is 5.54. The monoisotopic (exact) mass is 179 g/mol. The second kappa shape index (κ2) is 3.77. The van der Waals surface area contributed by atoms with Crippen LogP contribution in [0, 0.1) is 13.8 Å². The summed E-state index contributed by atoms with van der Waals surface area (Å²) >= 11 is 0. The van der Waals surface area contributed by atoms with Gasteiger partial charge in [0.1, 0.15) is 0 Å². The van der Waals surface area contributed by atoms with Gasteiger partial charge < -0.3 is 17.2 Å². The van der Waals surface area contributed by atoms with Crippen molar-refractivity contribution in [3.05, 3.63) is 28.8 Å². The Balaban J connectivity index is 3.13. The minimum absolute atomic E-state index is 0.0852. The van der Waals surface area contributed by atoms with Gasteiger partial charge in [-0.3, -0.25) is 0 Å². The Morgan fingerprint density at radius 3 is 2.08 bits per heavy atom. The summed E-state index contributed by atoms with van der Waals surface area (Å²) < 4.78 is 0. The number of anilines is 1. The topological polar surface area (TPSA) is 78.1 Å². The van der Waals surface area contributed by atoms with Gasteiger partial charge in [0.15, 0.2) is 0 Å². The van der Waals surface area contributed by atoms with E-state index in [9.17, 15) is 0 Å². The third-order valence-corrected chi connectivity index (χ3v) is 2.30. The van der Waals surface area contributed by atoms with Crippen molar-refractivity contribution in [2.24, 2.45) is 11.5 Å². The first-order chi connectivity index (χ1) is 6.06. The van der Waals surface area contributed by atoms with E-state index < -0.39 is 0 Å². The lowest BCUT2D eigenvalue weighted by Gasteiger charge is -2.13. The highest BCUT2D eigenvalue weighted by atomic mass is 14.7. The minimum atomic E-state index is -0.0852. The summed E-state index contributed by atoms with van der Waals surface area (Å²) in [7, 11) is 0. The molecule has 72 valence electrons. The molecule has 0 aliphatic heterocycles. The maximum Gasteiger partial charge on any atom is 0.0419 e. The lowest BCUT2D eigenvalue weighted by atomic mass is 10.0. The fourth-order valence-electron chi connectivity index (χ4n) is 1.36. The summed E-state index contributed by atoms with van der Waals surface area (Å²) in [6, 6.07) is 3.91. The summed E-state index contributed by atoms with van der Waals surface area (Å²) in [4.78, 5) is 0. The zero-order valence-electron chi connectivity index (χ0n) is 8.17. The van der Waals surface area contributed by atoms with E-state index in [1.165, 1.54) is 0 Å². The fourth-order valence-corrected chi connectivity index (χ4v) is 1.36. The molecule has 0 aromatic heterocycles.